The first-order chi connectivity index (χ1) is 16.1. The van der Waals surface area contributed by atoms with Gasteiger partial charge in [-0.05, 0) is 33.1 Å². The molecular formula is C19H44Cs2K2N6O5S5. The maximum absolute atomic E-state index is 11.6. The summed E-state index contributed by atoms with van der Waals surface area (Å²) in [6.45, 7) is 5.44. The molecule has 214 valence electrons. The van der Waals surface area contributed by atoms with Crippen molar-refractivity contribution in [3.05, 3.63) is 0 Å². The number of rotatable bonds is 6. The molecule has 0 aromatic rings. The number of methoxy groups -OCH3 is 1. The molecule has 0 aromatic carbocycles. The number of carbonyl (C=O) groups is 2. The molecule has 0 bridgehead atoms. The van der Waals surface area contributed by atoms with Crippen molar-refractivity contribution in [3.63, 3.8) is 0 Å². The molecule has 0 atom stereocenters. The molecule has 0 aromatic heterocycles. The van der Waals surface area contributed by atoms with Crippen LogP contribution in [0.1, 0.15) is 34.6 Å². The van der Waals surface area contributed by atoms with Crippen molar-refractivity contribution in [3.8, 4) is 0 Å². The normalized spacial score (nSPS) is 7.08. The van der Waals surface area contributed by atoms with E-state index in [1.165, 1.54) is 17.0 Å². The van der Waals surface area contributed by atoms with Crippen LogP contribution < -0.4 is 120 Å². The number of thiocarbonyl (C=S) groups is 4. The first-order valence-electron chi connectivity index (χ1n) is 10.1. The van der Waals surface area contributed by atoms with E-state index in [0.717, 1.165) is 80.7 Å². The topological polar surface area (TPSA) is 167 Å². The molecule has 7 N–H and O–H groups in total. The van der Waals surface area contributed by atoms with E-state index < -0.39 is 0 Å². The fraction of sp³-hybridized carbons (Fsp3) is 0.684. The van der Waals surface area contributed by atoms with E-state index in [1.54, 1.807) is 53.9 Å². The number of nitrogens with one attached hydrogen (secondary N) is 1. The summed E-state index contributed by atoms with van der Waals surface area (Å²) in [7, 11) is 9.16. The maximum Gasteiger partial charge on any atom is 1.00 e. The summed E-state index contributed by atoms with van der Waals surface area (Å²) in [5.41, 5.74) is 2.25. The van der Waals surface area contributed by atoms with Gasteiger partial charge in [-0.1, -0.05) is 38.8 Å². The summed E-state index contributed by atoms with van der Waals surface area (Å²) in [6.07, 6.45) is -0.121. The largest absolute Gasteiger partial charge is 1.00 e. The molecule has 0 radical (unpaired) electrons. The van der Waals surface area contributed by atoms with Gasteiger partial charge in [-0.25, -0.2) is 5.84 Å². The van der Waals surface area contributed by atoms with Gasteiger partial charge in [0.15, 0.2) is 11.6 Å². The summed E-state index contributed by atoms with van der Waals surface area (Å²) in [4.78, 5) is 27.6. The smallest absolute Gasteiger partial charge is 0.870 e. The van der Waals surface area contributed by atoms with Gasteiger partial charge >= 0.3 is 176 Å². The number of likely N-dealkylation sites (N-methyl/N-ethyl adjacent to an activating group) is 2. The fourth-order valence-corrected chi connectivity index (χ4v) is 1.32. The van der Waals surface area contributed by atoms with E-state index in [-0.39, 0.29) is 152 Å². The number of aliphatic hydroxyl groups excluding tert-OH is 1. The van der Waals surface area contributed by atoms with Gasteiger partial charge in [-0.2, -0.15) is 4.20 Å². The Balaban J connectivity index is -0.0000000419. The average molecular weight is 941 g/mol. The average Bonchev–Trinajstić information content (AvgIpc) is 2.76. The van der Waals surface area contributed by atoms with Crippen molar-refractivity contribution in [1.29, 1.82) is 0 Å². The van der Waals surface area contributed by atoms with E-state index >= 15 is 0 Å². The quantitative estimate of drug-likeness (QED) is 0.0497. The van der Waals surface area contributed by atoms with Crippen LogP contribution in [0.5, 0.6) is 0 Å². The molecule has 0 saturated carbocycles. The van der Waals surface area contributed by atoms with Gasteiger partial charge in [0.2, 0.25) is 0 Å². The molecule has 0 aliphatic carbocycles. The van der Waals surface area contributed by atoms with Gasteiger partial charge in [0, 0.05) is 28.3 Å². The number of carbonyl (C=O) groups excluding carboxylic acids is 2. The second kappa shape index (κ2) is 56.6. The van der Waals surface area contributed by atoms with Gasteiger partial charge in [0.25, 0.3) is 5.17 Å². The molecule has 0 heterocycles. The van der Waals surface area contributed by atoms with Gasteiger partial charge in [-0.3, -0.25) is 20.9 Å². The number of hydrogen-bond acceptors (Lipinski definition) is 13. The van der Waals surface area contributed by atoms with Crippen molar-refractivity contribution in [2.45, 2.75) is 34.6 Å². The Morgan fingerprint density at radius 1 is 0.923 bits per heavy atom. The number of nitrogens with two attached hydrogens (primary N) is 2. The summed E-state index contributed by atoms with van der Waals surface area (Å²) < 4.78 is 5.39. The molecule has 0 spiro atoms. The van der Waals surface area contributed by atoms with Crippen LogP contribution >= 0.6 is 48.9 Å². The molecule has 39 heavy (non-hydrogen) atoms. The number of hydrazine groups is 2. The van der Waals surface area contributed by atoms with Crippen LogP contribution in [-0.2, 0) is 27.0 Å². The molecule has 0 rings (SSSR count). The Morgan fingerprint density at radius 2 is 1.15 bits per heavy atom. The van der Waals surface area contributed by atoms with Crippen molar-refractivity contribution >= 4 is 166 Å². The first kappa shape index (κ1) is 71.3. The number of ether oxygens (including phenoxy) is 1. The third kappa shape index (κ3) is 76.0. The van der Waals surface area contributed by atoms with E-state index in [2.05, 4.69) is 48.3 Å². The van der Waals surface area contributed by atoms with Gasteiger partial charge in [0.05, 0.1) is 36.6 Å². The Bertz CT molecular complexity index is 617. The zero-order valence-corrected chi connectivity index (χ0v) is 48.2. The standard InChI is InChI=1S/C11H18N2O3S2.C3H8N2S.C2H4S2.CH6N2.CH4O.CH4.2Cs.2K.H2O/c1-8(17)12(2)6-9(14)5-10(15)7-13(3)11(18)16-4;1-3(6)5(2)4;1-2(3)4;1-3-2;1-2;;;;;;/h5-7H2,1-4H3;4H2,1-2H3;1H3,(H,3,4);3H,2H2,1H3;2H,1H3;1H4;;;;;1H2/q;;;;;;;;2*+1;/p-2. The molecule has 0 aliphatic heterocycles. The number of hydrogen-bond donors (Lipinski definition) is 4. The second-order valence-corrected chi connectivity index (χ2v) is 8.88. The SMILES string of the molecule is C.CC(=S)N(C)N.CC(=S)[S-].CNN.CO.COC(=S)N(C)CC(=O)CC(=O)CN(C)C(C)=S.[Cs][Cs].[K+].[K+].[OH-]. The summed E-state index contributed by atoms with van der Waals surface area (Å²) in [5, 5.41) is 8.62. The van der Waals surface area contributed by atoms with Crippen LogP contribution in [0.2, 0.25) is 0 Å². The van der Waals surface area contributed by atoms with Gasteiger partial charge < -0.3 is 55.0 Å². The van der Waals surface area contributed by atoms with Gasteiger partial charge in [-0.15, -0.1) is 0 Å². The summed E-state index contributed by atoms with van der Waals surface area (Å²) in [5.74, 6) is 9.36. The maximum atomic E-state index is 11.6. The van der Waals surface area contributed by atoms with E-state index in [9.17, 15) is 9.59 Å². The number of ketones is 2. The van der Waals surface area contributed by atoms with Crippen LogP contribution in [-0.4, -0.2) is 185 Å². The van der Waals surface area contributed by atoms with Crippen LogP contribution in [0, 0.1) is 0 Å². The predicted octanol–water partition coefficient (Wildman–Crippen LogP) is -5.93. The molecule has 0 fully saturated rings. The molecule has 0 amide bonds. The van der Waals surface area contributed by atoms with E-state index in [0.29, 0.717) is 14.2 Å². The zero-order chi connectivity index (χ0) is 29.7. The number of aliphatic hydroxyl groups is 1. The third-order valence-corrected chi connectivity index (χ3v) is 3.82. The molecule has 11 nitrogen and oxygen atoms in total. The zero-order valence-electron chi connectivity index (χ0n) is 25.3. The minimum Gasteiger partial charge on any atom is -0.870 e. The second-order valence-electron chi connectivity index (χ2n) is 5.87. The monoisotopic (exact) mass is 940 g/mol. The molecule has 20 heteroatoms. The van der Waals surface area contributed by atoms with Crippen molar-refractivity contribution in [2.24, 2.45) is 11.7 Å². The minimum absolute atomic E-state index is 0. The Morgan fingerprint density at radius 3 is 1.33 bits per heavy atom. The van der Waals surface area contributed by atoms with Crippen LogP contribution in [0.4, 0.5) is 0 Å². The van der Waals surface area contributed by atoms with Gasteiger partial charge in [0.1, 0.15) is 0 Å². The van der Waals surface area contributed by atoms with E-state index in [4.69, 9.17) is 40.1 Å². The molecular weight excluding hydrogens is 897 g/mol. The predicted molar refractivity (Wildman–Crippen MR) is 175 cm³/mol. The molecule has 0 saturated heterocycles. The minimum atomic E-state index is -0.197. The first-order valence-corrected chi connectivity index (χ1v) is 64.1. The van der Waals surface area contributed by atoms with Crippen LogP contribution in [0.25, 0.3) is 0 Å². The van der Waals surface area contributed by atoms with Crippen molar-refractivity contribution in [1.82, 2.24) is 20.2 Å². The van der Waals surface area contributed by atoms with Crippen LogP contribution in [0.3, 0.4) is 0 Å². The molecule has 0 unspecified atom stereocenters. The number of Topliss-reactive ketones (excluding diaryl/α,β-unsaturated/α-hetero) is 2. The fourth-order valence-electron chi connectivity index (χ4n) is 1.19. The molecule has 0 aliphatic rings. The summed E-state index contributed by atoms with van der Waals surface area (Å²) in [6, 6.07) is 0. The van der Waals surface area contributed by atoms with Crippen molar-refractivity contribution < 1.29 is 128 Å². The van der Waals surface area contributed by atoms with Crippen LogP contribution in [0.15, 0.2) is 0 Å². The van der Waals surface area contributed by atoms with E-state index in [1.807, 2.05) is 0 Å². The Labute approximate surface area is 402 Å². The Kier molecular flexibility index (Phi) is 104. The Hall–Kier alpha value is 6.30. The number of nitrogens with zero attached hydrogens (tertiary/aromatic N) is 3. The van der Waals surface area contributed by atoms with Crippen molar-refractivity contribution in [2.75, 3.05) is 55.5 Å². The summed E-state index contributed by atoms with van der Waals surface area (Å²) >= 11 is 25.3. The third-order valence-electron chi connectivity index (χ3n) is 2.74.